The number of nitrogens with one attached hydrogen (secondary N) is 1. The van der Waals surface area contributed by atoms with Gasteiger partial charge in [-0.15, -0.1) is 11.3 Å². The first kappa shape index (κ1) is 15.9. The predicted octanol–water partition coefficient (Wildman–Crippen LogP) is 5.75. The van der Waals surface area contributed by atoms with Gasteiger partial charge in [-0.05, 0) is 29.6 Å². The van der Waals surface area contributed by atoms with Gasteiger partial charge in [-0.2, -0.15) is 0 Å². The number of aromatic nitrogens is 2. The van der Waals surface area contributed by atoms with Crippen LogP contribution >= 0.6 is 22.9 Å². The summed E-state index contributed by atoms with van der Waals surface area (Å²) in [6.45, 7) is 0.595. The van der Waals surface area contributed by atoms with Crippen molar-refractivity contribution in [3.63, 3.8) is 0 Å². The van der Waals surface area contributed by atoms with Gasteiger partial charge >= 0.3 is 0 Å². The summed E-state index contributed by atoms with van der Waals surface area (Å²) in [4.78, 5) is 9.45. The van der Waals surface area contributed by atoms with Crippen molar-refractivity contribution >= 4 is 38.8 Å². The minimum atomic E-state index is 0.566. The molecule has 124 valence electrons. The number of thiophene rings is 1. The summed E-state index contributed by atoms with van der Waals surface area (Å²) in [6.07, 6.45) is 1.53. The van der Waals surface area contributed by atoms with Crippen LogP contribution in [-0.2, 0) is 6.54 Å². The van der Waals surface area contributed by atoms with Crippen molar-refractivity contribution in [1.29, 1.82) is 0 Å². The van der Waals surface area contributed by atoms with Gasteiger partial charge in [0.15, 0.2) is 0 Å². The predicted molar refractivity (Wildman–Crippen MR) is 103 cm³/mol. The third kappa shape index (κ3) is 3.43. The second-order valence-electron chi connectivity index (χ2n) is 5.36. The highest BCUT2D eigenvalue weighted by atomic mass is 35.5. The highest BCUT2D eigenvalue weighted by Crippen LogP contribution is 2.31. The Labute approximate surface area is 154 Å². The van der Waals surface area contributed by atoms with Crippen molar-refractivity contribution in [3.05, 3.63) is 76.9 Å². The van der Waals surface area contributed by atoms with E-state index in [0.29, 0.717) is 17.4 Å². The quantitative estimate of drug-likeness (QED) is 0.488. The third-order valence-corrected chi connectivity index (χ3v) is 4.90. The van der Waals surface area contributed by atoms with E-state index in [4.69, 9.17) is 16.3 Å². The smallest absolute Gasteiger partial charge is 0.231 e. The molecule has 0 aliphatic rings. The number of fused-ring (bicyclic) bond motifs is 1. The van der Waals surface area contributed by atoms with E-state index < -0.39 is 0 Å². The molecule has 0 fully saturated rings. The fourth-order valence-corrected chi connectivity index (χ4v) is 3.42. The molecule has 4 rings (SSSR count). The molecule has 0 atom stereocenters. The van der Waals surface area contributed by atoms with Crippen LogP contribution in [0.2, 0.25) is 5.02 Å². The van der Waals surface area contributed by atoms with Crippen LogP contribution in [0.5, 0.6) is 11.6 Å². The van der Waals surface area contributed by atoms with Crippen LogP contribution in [0.4, 0.5) is 5.69 Å². The lowest BCUT2D eigenvalue weighted by Gasteiger charge is -2.13. The van der Waals surface area contributed by atoms with E-state index in [2.05, 4.69) is 15.3 Å². The monoisotopic (exact) mass is 367 g/mol. The topological polar surface area (TPSA) is 47.0 Å². The van der Waals surface area contributed by atoms with Crippen LogP contribution < -0.4 is 10.1 Å². The Morgan fingerprint density at radius 2 is 1.84 bits per heavy atom. The molecular formula is C19H14ClN3OS. The van der Waals surface area contributed by atoms with Crippen molar-refractivity contribution in [2.75, 3.05) is 5.32 Å². The zero-order valence-electron chi connectivity index (χ0n) is 13.1. The minimum absolute atomic E-state index is 0.566. The lowest BCUT2D eigenvalue weighted by Crippen LogP contribution is -2.02. The van der Waals surface area contributed by atoms with Crippen molar-refractivity contribution in [1.82, 2.24) is 9.97 Å². The summed E-state index contributed by atoms with van der Waals surface area (Å²) in [7, 11) is 0. The molecule has 4 aromatic rings. The average molecular weight is 368 g/mol. The number of nitrogens with zero attached hydrogens (tertiary/aromatic N) is 2. The second-order valence-corrected chi connectivity index (χ2v) is 6.66. The summed E-state index contributed by atoms with van der Waals surface area (Å²) in [5.74, 6) is 1.32. The molecule has 1 N–H and O–H groups in total. The average Bonchev–Trinajstić information content (AvgIpc) is 3.12. The van der Waals surface area contributed by atoms with Crippen LogP contribution in [0, 0.1) is 0 Å². The van der Waals surface area contributed by atoms with E-state index in [9.17, 15) is 0 Å². The zero-order chi connectivity index (χ0) is 17.1. The Balaban J connectivity index is 1.59. The molecule has 0 aliphatic carbocycles. The van der Waals surface area contributed by atoms with Gasteiger partial charge in [-0.1, -0.05) is 41.9 Å². The van der Waals surface area contributed by atoms with Gasteiger partial charge in [0.2, 0.25) is 5.88 Å². The maximum Gasteiger partial charge on any atom is 0.231 e. The summed E-state index contributed by atoms with van der Waals surface area (Å²) >= 11 is 7.77. The molecule has 2 heterocycles. The Kier molecular flexibility index (Phi) is 4.50. The van der Waals surface area contributed by atoms with Crippen LogP contribution in [-0.4, -0.2) is 9.97 Å². The number of halogens is 1. The zero-order valence-corrected chi connectivity index (χ0v) is 14.7. The lowest BCUT2D eigenvalue weighted by molar-refractivity contribution is 0.463. The van der Waals surface area contributed by atoms with Gasteiger partial charge in [0, 0.05) is 12.1 Å². The first-order valence-corrected chi connectivity index (χ1v) is 8.99. The number of anilines is 1. The van der Waals surface area contributed by atoms with Gasteiger partial charge in [0.25, 0.3) is 0 Å². The van der Waals surface area contributed by atoms with Gasteiger partial charge in [0.1, 0.15) is 16.9 Å². The highest BCUT2D eigenvalue weighted by Gasteiger charge is 2.10. The van der Waals surface area contributed by atoms with E-state index in [-0.39, 0.29) is 0 Å². The fraction of sp³-hybridized carbons (Fsp3) is 0.0526. The van der Waals surface area contributed by atoms with E-state index in [0.717, 1.165) is 27.2 Å². The Morgan fingerprint density at radius 3 is 2.76 bits per heavy atom. The van der Waals surface area contributed by atoms with Crippen LogP contribution in [0.3, 0.4) is 0 Å². The highest BCUT2D eigenvalue weighted by molar-refractivity contribution is 7.16. The fourth-order valence-electron chi connectivity index (χ4n) is 2.50. The number of para-hydroxylation sites is 2. The van der Waals surface area contributed by atoms with Gasteiger partial charge in [0.05, 0.1) is 16.1 Å². The molecule has 0 bridgehead atoms. The van der Waals surface area contributed by atoms with E-state index in [1.54, 1.807) is 11.3 Å². The molecule has 2 aromatic heterocycles. The summed E-state index contributed by atoms with van der Waals surface area (Å²) in [6, 6.07) is 17.5. The summed E-state index contributed by atoms with van der Waals surface area (Å²) in [5.41, 5.74) is 1.91. The van der Waals surface area contributed by atoms with Crippen molar-refractivity contribution in [2.24, 2.45) is 0 Å². The molecule has 0 saturated heterocycles. The van der Waals surface area contributed by atoms with Crippen LogP contribution in [0.1, 0.15) is 5.56 Å². The maximum atomic E-state index is 6.20. The SMILES string of the molecule is Clc1ccccc1NCc1ccccc1Oc1ncnc2sccc12. The molecule has 0 amide bonds. The lowest BCUT2D eigenvalue weighted by atomic mass is 10.2. The molecule has 0 saturated carbocycles. The van der Waals surface area contributed by atoms with E-state index in [1.807, 2.05) is 60.0 Å². The molecule has 25 heavy (non-hydrogen) atoms. The molecule has 2 aromatic carbocycles. The molecule has 6 heteroatoms. The van der Waals surface area contributed by atoms with Crippen molar-refractivity contribution in [3.8, 4) is 11.6 Å². The Bertz CT molecular complexity index is 1020. The second kappa shape index (κ2) is 7.09. The first-order chi connectivity index (χ1) is 12.3. The Morgan fingerprint density at radius 1 is 1.00 bits per heavy atom. The van der Waals surface area contributed by atoms with Crippen LogP contribution in [0.15, 0.2) is 66.3 Å². The van der Waals surface area contributed by atoms with Gasteiger partial charge in [-0.3, -0.25) is 0 Å². The van der Waals surface area contributed by atoms with Crippen molar-refractivity contribution in [2.45, 2.75) is 6.54 Å². The first-order valence-electron chi connectivity index (χ1n) is 7.73. The van der Waals surface area contributed by atoms with Crippen LogP contribution in [0.25, 0.3) is 10.2 Å². The number of hydrogen-bond acceptors (Lipinski definition) is 5. The number of ether oxygens (including phenoxy) is 1. The normalized spacial score (nSPS) is 10.8. The summed E-state index contributed by atoms with van der Waals surface area (Å²) in [5, 5.41) is 6.94. The standard InChI is InChI=1S/C19H14ClN3OS/c20-15-6-2-3-7-16(15)21-11-13-5-1-4-8-17(13)24-18-14-9-10-25-19(14)23-12-22-18/h1-10,12,21H,11H2. The number of benzene rings is 2. The minimum Gasteiger partial charge on any atom is -0.438 e. The largest absolute Gasteiger partial charge is 0.438 e. The van der Waals surface area contributed by atoms with E-state index >= 15 is 0 Å². The number of rotatable bonds is 5. The van der Waals surface area contributed by atoms with Gasteiger partial charge < -0.3 is 10.1 Å². The molecule has 0 unspecified atom stereocenters. The number of hydrogen-bond donors (Lipinski definition) is 1. The van der Waals surface area contributed by atoms with Crippen molar-refractivity contribution < 1.29 is 4.74 Å². The molecule has 0 aliphatic heterocycles. The van der Waals surface area contributed by atoms with E-state index in [1.165, 1.54) is 6.33 Å². The molecule has 4 nitrogen and oxygen atoms in total. The molecule has 0 spiro atoms. The molecular weight excluding hydrogens is 354 g/mol. The third-order valence-electron chi connectivity index (χ3n) is 3.75. The molecule has 0 radical (unpaired) electrons. The summed E-state index contributed by atoms with van der Waals surface area (Å²) < 4.78 is 6.08. The Hall–Kier alpha value is -2.63. The van der Waals surface area contributed by atoms with Gasteiger partial charge in [-0.25, -0.2) is 9.97 Å². The maximum absolute atomic E-state index is 6.20.